The molecule has 1 aromatic heterocycles. The minimum Gasteiger partial charge on any atom is -0.480 e. The molecule has 1 aromatic carbocycles. The Morgan fingerprint density at radius 3 is 2.29 bits per heavy atom. The second-order valence-corrected chi connectivity index (χ2v) is 8.18. The molecule has 2 rings (SSSR count). The number of carboxylic acids is 1. The molecule has 0 spiro atoms. The first-order valence-electron chi connectivity index (χ1n) is 11.0. The highest BCUT2D eigenvalue weighted by Crippen LogP contribution is 2.19. The van der Waals surface area contributed by atoms with Crippen LogP contribution in [0.5, 0.6) is 0 Å². The topological polar surface area (TPSA) is 192 Å². The van der Waals surface area contributed by atoms with Crippen molar-refractivity contribution in [1.29, 1.82) is 0 Å². The molecule has 0 saturated heterocycles. The first-order chi connectivity index (χ1) is 16.3. The third-order valence-corrected chi connectivity index (χ3v) is 5.68. The summed E-state index contributed by atoms with van der Waals surface area (Å²) < 4.78 is 0. The molecule has 3 atom stereocenters. The molecule has 3 unspecified atom stereocenters. The molecule has 9 N–H and O–H groups in total. The van der Waals surface area contributed by atoms with Gasteiger partial charge in [-0.1, -0.05) is 18.2 Å². The largest absolute Gasteiger partial charge is 0.480 e. The molecule has 0 aliphatic carbocycles. The molecule has 11 nitrogen and oxygen atoms in total. The summed E-state index contributed by atoms with van der Waals surface area (Å²) >= 11 is 4.10. The van der Waals surface area contributed by atoms with Gasteiger partial charge in [0, 0.05) is 29.3 Å². The molecule has 0 bridgehead atoms. The van der Waals surface area contributed by atoms with Gasteiger partial charge in [-0.2, -0.15) is 12.6 Å². The lowest BCUT2D eigenvalue weighted by Gasteiger charge is -2.24. The molecule has 2 aromatic rings. The van der Waals surface area contributed by atoms with Crippen LogP contribution in [0.4, 0.5) is 0 Å². The number of thiol groups is 1. The Balaban J connectivity index is 2.24. The summed E-state index contributed by atoms with van der Waals surface area (Å²) in [6, 6.07) is 4.23. The number of hydrogen-bond acceptors (Lipinski definition) is 7. The first kappa shape index (κ1) is 27.2. The average molecular weight is 493 g/mol. The number of nitrogens with two attached hydrogens (primary N) is 2. The number of para-hydroxylation sites is 1. The van der Waals surface area contributed by atoms with E-state index in [-0.39, 0.29) is 25.1 Å². The molecular formula is C22H32N6O5S. The predicted molar refractivity (Wildman–Crippen MR) is 131 cm³/mol. The van der Waals surface area contributed by atoms with Crippen LogP contribution in [0.15, 0.2) is 30.5 Å². The summed E-state index contributed by atoms with van der Waals surface area (Å²) in [5.74, 6) is -3.02. The maximum atomic E-state index is 13.1. The maximum Gasteiger partial charge on any atom is 0.326 e. The molecular weight excluding hydrogens is 460 g/mol. The Morgan fingerprint density at radius 1 is 0.971 bits per heavy atom. The lowest BCUT2D eigenvalue weighted by molar-refractivity contribution is -0.142. The van der Waals surface area contributed by atoms with Crippen LogP contribution in [0.25, 0.3) is 10.9 Å². The van der Waals surface area contributed by atoms with Gasteiger partial charge in [-0.15, -0.1) is 0 Å². The van der Waals surface area contributed by atoms with Crippen LogP contribution in [0, 0.1) is 0 Å². The van der Waals surface area contributed by atoms with E-state index < -0.39 is 41.8 Å². The number of aromatic nitrogens is 1. The van der Waals surface area contributed by atoms with E-state index in [4.69, 9.17) is 11.5 Å². The van der Waals surface area contributed by atoms with E-state index >= 15 is 0 Å². The molecule has 186 valence electrons. The van der Waals surface area contributed by atoms with Gasteiger partial charge in [0.15, 0.2) is 0 Å². The smallest absolute Gasteiger partial charge is 0.326 e. The Kier molecular flexibility index (Phi) is 10.8. The molecule has 0 saturated carbocycles. The zero-order chi connectivity index (χ0) is 25.1. The van der Waals surface area contributed by atoms with Crippen molar-refractivity contribution in [2.24, 2.45) is 11.5 Å². The predicted octanol–water partition coefficient (Wildman–Crippen LogP) is -0.733. The standard InChI is InChI=1S/C22H32N6O5S/c23-8-4-3-7-16(22(32)33)27-20(30)17(28-21(31)18(12-34)26-19(29)10-24)9-13-11-25-15-6-2-1-5-14(13)15/h1-2,5-6,11,16-18,25,34H,3-4,7-10,12,23-24H2,(H,26,29)(H,27,30)(H,28,31)(H,32,33). The fourth-order valence-electron chi connectivity index (χ4n) is 3.47. The summed E-state index contributed by atoms with van der Waals surface area (Å²) in [6.07, 6.45) is 3.19. The van der Waals surface area contributed by atoms with Crippen LogP contribution in [-0.4, -0.2) is 70.7 Å². The normalized spacial score (nSPS) is 13.6. The third kappa shape index (κ3) is 7.75. The van der Waals surface area contributed by atoms with Gasteiger partial charge in [0.25, 0.3) is 0 Å². The van der Waals surface area contributed by atoms with Crippen LogP contribution in [0.3, 0.4) is 0 Å². The summed E-state index contributed by atoms with van der Waals surface area (Å²) in [5.41, 5.74) is 12.4. The highest BCUT2D eigenvalue weighted by atomic mass is 32.1. The zero-order valence-electron chi connectivity index (χ0n) is 18.8. The molecule has 0 aliphatic rings. The number of amides is 3. The number of carboxylic acid groups (broad SMARTS) is 1. The number of aliphatic carboxylic acids is 1. The summed E-state index contributed by atoms with van der Waals surface area (Å²) in [5, 5.41) is 18.0. The minimum absolute atomic E-state index is 0.0180. The van der Waals surface area contributed by atoms with Gasteiger partial charge in [-0.25, -0.2) is 4.79 Å². The Morgan fingerprint density at radius 2 is 1.65 bits per heavy atom. The van der Waals surface area contributed by atoms with E-state index in [9.17, 15) is 24.3 Å². The Bertz CT molecular complexity index is 997. The molecule has 0 fully saturated rings. The number of aromatic amines is 1. The first-order valence-corrected chi connectivity index (χ1v) is 11.6. The molecule has 1 heterocycles. The van der Waals surface area contributed by atoms with Crippen LogP contribution < -0.4 is 27.4 Å². The van der Waals surface area contributed by atoms with E-state index in [1.165, 1.54) is 0 Å². The van der Waals surface area contributed by atoms with Crippen molar-refractivity contribution >= 4 is 47.2 Å². The highest BCUT2D eigenvalue weighted by molar-refractivity contribution is 7.80. The number of hydrogen-bond donors (Lipinski definition) is 8. The fourth-order valence-corrected chi connectivity index (χ4v) is 3.73. The van der Waals surface area contributed by atoms with Gasteiger partial charge < -0.3 is 37.5 Å². The van der Waals surface area contributed by atoms with Crippen molar-refractivity contribution in [3.63, 3.8) is 0 Å². The van der Waals surface area contributed by atoms with E-state index in [0.29, 0.717) is 19.4 Å². The number of carbonyl (C=O) groups is 4. The molecule has 3 amide bonds. The van der Waals surface area contributed by atoms with Crippen molar-refractivity contribution in [1.82, 2.24) is 20.9 Å². The van der Waals surface area contributed by atoms with Crippen molar-refractivity contribution in [3.05, 3.63) is 36.0 Å². The van der Waals surface area contributed by atoms with Crippen molar-refractivity contribution < 1.29 is 24.3 Å². The van der Waals surface area contributed by atoms with E-state index in [0.717, 1.165) is 16.5 Å². The number of unbranched alkanes of at least 4 members (excludes halogenated alkanes) is 1. The lowest BCUT2D eigenvalue weighted by atomic mass is 10.0. The summed E-state index contributed by atoms with van der Waals surface area (Å²) in [7, 11) is 0. The summed E-state index contributed by atoms with van der Waals surface area (Å²) in [4.78, 5) is 52.4. The number of nitrogens with one attached hydrogen (secondary N) is 4. The van der Waals surface area contributed by atoms with Crippen LogP contribution in [-0.2, 0) is 25.6 Å². The van der Waals surface area contributed by atoms with Gasteiger partial charge in [0.1, 0.15) is 18.1 Å². The Hall–Kier alpha value is -3.09. The molecule has 0 radical (unpaired) electrons. The lowest BCUT2D eigenvalue weighted by Crippen LogP contribution is -2.57. The number of H-pyrrole nitrogens is 1. The number of fused-ring (bicyclic) bond motifs is 1. The van der Waals surface area contributed by atoms with Crippen molar-refractivity contribution in [2.75, 3.05) is 18.8 Å². The van der Waals surface area contributed by atoms with Crippen LogP contribution in [0.2, 0.25) is 0 Å². The van der Waals surface area contributed by atoms with Gasteiger partial charge >= 0.3 is 5.97 Å². The second-order valence-electron chi connectivity index (χ2n) is 7.82. The molecule has 0 aliphatic heterocycles. The summed E-state index contributed by atoms with van der Waals surface area (Å²) in [6.45, 7) is 0.110. The Labute approximate surface area is 202 Å². The number of carbonyl (C=O) groups excluding carboxylic acids is 3. The van der Waals surface area contributed by atoms with Gasteiger partial charge in [0.2, 0.25) is 17.7 Å². The fraction of sp³-hybridized carbons (Fsp3) is 0.455. The van der Waals surface area contributed by atoms with Crippen molar-refractivity contribution in [2.45, 2.75) is 43.8 Å². The molecule has 34 heavy (non-hydrogen) atoms. The van der Waals surface area contributed by atoms with E-state index in [2.05, 4.69) is 33.6 Å². The average Bonchev–Trinajstić information content (AvgIpc) is 3.23. The minimum atomic E-state index is -1.18. The number of benzene rings is 1. The monoisotopic (exact) mass is 492 g/mol. The van der Waals surface area contributed by atoms with Crippen LogP contribution >= 0.6 is 12.6 Å². The zero-order valence-corrected chi connectivity index (χ0v) is 19.6. The second kappa shape index (κ2) is 13.6. The third-order valence-electron chi connectivity index (χ3n) is 5.31. The molecule has 12 heteroatoms. The van der Waals surface area contributed by atoms with Gasteiger partial charge in [-0.05, 0) is 37.4 Å². The highest BCUT2D eigenvalue weighted by Gasteiger charge is 2.29. The maximum absolute atomic E-state index is 13.1. The van der Waals surface area contributed by atoms with Gasteiger partial charge in [-0.3, -0.25) is 14.4 Å². The number of rotatable bonds is 14. The van der Waals surface area contributed by atoms with Crippen LogP contribution in [0.1, 0.15) is 24.8 Å². The van der Waals surface area contributed by atoms with E-state index in [1.54, 1.807) is 6.20 Å². The quantitative estimate of drug-likeness (QED) is 0.126. The van der Waals surface area contributed by atoms with Gasteiger partial charge in [0.05, 0.1) is 6.54 Å². The van der Waals surface area contributed by atoms with E-state index in [1.807, 2.05) is 24.3 Å². The SMILES string of the molecule is NCCCCC(NC(=O)C(Cc1c[nH]c2ccccc12)NC(=O)C(CS)NC(=O)CN)C(=O)O. The van der Waals surface area contributed by atoms with Crippen molar-refractivity contribution in [3.8, 4) is 0 Å².